The maximum atomic E-state index is 5.89. The average molecular weight is 274 g/mol. The first-order valence-corrected chi connectivity index (χ1v) is 7.02. The molecular formula is C14H14N2O2S. The molecule has 2 aromatic rings. The first-order chi connectivity index (χ1) is 9.33. The van der Waals surface area contributed by atoms with Crippen LogP contribution in [0.3, 0.4) is 0 Å². The molecule has 98 valence electrons. The van der Waals surface area contributed by atoms with Crippen molar-refractivity contribution in [2.45, 2.75) is 11.0 Å². The molecule has 0 amide bonds. The molecule has 4 nitrogen and oxygen atoms in total. The number of benzene rings is 1. The summed E-state index contributed by atoms with van der Waals surface area (Å²) < 4.78 is 11.6. The quantitative estimate of drug-likeness (QED) is 0.872. The zero-order chi connectivity index (χ0) is 13.1. The monoisotopic (exact) mass is 274 g/mol. The minimum atomic E-state index is 0.0347. The third-order valence-corrected chi connectivity index (χ3v) is 4.02. The van der Waals surface area contributed by atoms with Crippen LogP contribution in [-0.4, -0.2) is 23.4 Å². The van der Waals surface area contributed by atoms with Crippen LogP contribution in [0.1, 0.15) is 0 Å². The van der Waals surface area contributed by atoms with Gasteiger partial charge in [-0.15, -0.1) is 11.8 Å². The SMILES string of the molecule is Nc1cnccc1SCC1COc2ccccc2O1. The largest absolute Gasteiger partial charge is 0.486 e. The fourth-order valence-corrected chi connectivity index (χ4v) is 2.76. The maximum absolute atomic E-state index is 5.89. The third kappa shape index (κ3) is 2.76. The predicted molar refractivity (Wildman–Crippen MR) is 75.7 cm³/mol. The van der Waals surface area contributed by atoms with Crippen LogP contribution in [0, 0.1) is 0 Å². The van der Waals surface area contributed by atoms with Gasteiger partial charge in [0, 0.05) is 16.8 Å². The number of fused-ring (bicyclic) bond motifs is 1. The van der Waals surface area contributed by atoms with E-state index in [-0.39, 0.29) is 6.10 Å². The lowest BCUT2D eigenvalue weighted by atomic mass is 10.3. The first-order valence-electron chi connectivity index (χ1n) is 6.04. The molecule has 0 spiro atoms. The van der Waals surface area contributed by atoms with Crippen LogP contribution in [-0.2, 0) is 0 Å². The molecule has 2 N–H and O–H groups in total. The van der Waals surface area contributed by atoms with Gasteiger partial charge in [0.2, 0.25) is 0 Å². The summed E-state index contributed by atoms with van der Waals surface area (Å²) in [5.41, 5.74) is 6.56. The Bertz CT molecular complexity index is 577. The van der Waals surface area contributed by atoms with E-state index in [9.17, 15) is 0 Å². The first kappa shape index (κ1) is 12.2. The van der Waals surface area contributed by atoms with Crippen LogP contribution < -0.4 is 15.2 Å². The zero-order valence-electron chi connectivity index (χ0n) is 10.3. The van der Waals surface area contributed by atoms with Crippen molar-refractivity contribution in [3.63, 3.8) is 0 Å². The van der Waals surface area contributed by atoms with Gasteiger partial charge in [0.1, 0.15) is 12.7 Å². The highest BCUT2D eigenvalue weighted by atomic mass is 32.2. The fraction of sp³-hybridized carbons (Fsp3) is 0.214. The number of pyridine rings is 1. The van der Waals surface area contributed by atoms with Gasteiger partial charge in [-0.25, -0.2) is 0 Å². The van der Waals surface area contributed by atoms with Crippen LogP contribution in [0.5, 0.6) is 11.5 Å². The number of thioether (sulfide) groups is 1. The van der Waals surface area contributed by atoms with Crippen molar-refractivity contribution in [2.24, 2.45) is 0 Å². The number of anilines is 1. The van der Waals surface area contributed by atoms with Crippen molar-refractivity contribution in [3.05, 3.63) is 42.7 Å². The molecule has 5 heteroatoms. The van der Waals surface area contributed by atoms with E-state index in [1.165, 1.54) is 0 Å². The summed E-state index contributed by atoms with van der Waals surface area (Å²) in [6.07, 6.45) is 3.44. The third-order valence-electron chi connectivity index (χ3n) is 2.80. The number of hydrogen-bond acceptors (Lipinski definition) is 5. The molecule has 1 aliphatic heterocycles. The van der Waals surface area contributed by atoms with Crippen LogP contribution in [0.2, 0.25) is 0 Å². The number of nitrogens with two attached hydrogens (primary N) is 1. The van der Waals surface area contributed by atoms with Crippen LogP contribution in [0.4, 0.5) is 5.69 Å². The Morgan fingerprint density at radius 3 is 2.95 bits per heavy atom. The van der Waals surface area contributed by atoms with Crippen molar-refractivity contribution in [2.75, 3.05) is 18.1 Å². The van der Waals surface area contributed by atoms with E-state index in [1.54, 1.807) is 24.2 Å². The van der Waals surface area contributed by atoms with Crippen molar-refractivity contribution in [1.29, 1.82) is 0 Å². The highest BCUT2D eigenvalue weighted by Crippen LogP contribution is 2.33. The van der Waals surface area contributed by atoms with Gasteiger partial charge in [-0.2, -0.15) is 0 Å². The lowest BCUT2D eigenvalue weighted by Gasteiger charge is -2.26. The van der Waals surface area contributed by atoms with Gasteiger partial charge in [0.15, 0.2) is 11.5 Å². The number of nitrogen functional groups attached to an aromatic ring is 1. The normalized spacial score (nSPS) is 17.2. The second-order valence-corrected chi connectivity index (χ2v) is 5.28. The van der Waals surface area contributed by atoms with Crippen LogP contribution in [0.15, 0.2) is 47.6 Å². The molecular weight excluding hydrogens is 260 g/mol. The highest BCUT2D eigenvalue weighted by molar-refractivity contribution is 7.99. The summed E-state index contributed by atoms with van der Waals surface area (Å²) in [6.45, 7) is 0.564. The Hall–Kier alpha value is -1.88. The van der Waals surface area contributed by atoms with Gasteiger partial charge in [-0.05, 0) is 18.2 Å². The van der Waals surface area contributed by atoms with E-state index >= 15 is 0 Å². The summed E-state index contributed by atoms with van der Waals surface area (Å²) in [5.74, 6) is 2.41. The van der Waals surface area contributed by atoms with Gasteiger partial charge >= 0.3 is 0 Å². The van der Waals surface area contributed by atoms with Crippen molar-refractivity contribution in [3.8, 4) is 11.5 Å². The summed E-state index contributed by atoms with van der Waals surface area (Å²) in [6, 6.07) is 9.64. The lowest BCUT2D eigenvalue weighted by molar-refractivity contribution is 0.107. The molecule has 1 aromatic heterocycles. The Morgan fingerprint density at radius 1 is 1.26 bits per heavy atom. The standard InChI is InChI=1S/C14H14N2O2S/c15-11-7-16-6-5-14(11)19-9-10-8-17-12-3-1-2-4-13(12)18-10/h1-7,10H,8-9,15H2. The molecule has 2 heterocycles. The van der Waals surface area contributed by atoms with Gasteiger partial charge < -0.3 is 15.2 Å². The minimum absolute atomic E-state index is 0.0347. The predicted octanol–water partition coefficient (Wildman–Crippen LogP) is 2.60. The second kappa shape index (κ2) is 5.40. The van der Waals surface area contributed by atoms with Gasteiger partial charge in [0.05, 0.1) is 11.9 Å². The molecule has 19 heavy (non-hydrogen) atoms. The maximum Gasteiger partial charge on any atom is 0.161 e. The van der Waals surface area contributed by atoms with E-state index in [2.05, 4.69) is 4.98 Å². The van der Waals surface area contributed by atoms with E-state index < -0.39 is 0 Å². The number of rotatable bonds is 3. The van der Waals surface area contributed by atoms with E-state index in [1.807, 2.05) is 30.3 Å². The second-order valence-electron chi connectivity index (χ2n) is 4.22. The van der Waals surface area contributed by atoms with Crippen LogP contribution >= 0.6 is 11.8 Å². The summed E-state index contributed by atoms with van der Waals surface area (Å²) in [7, 11) is 0. The topological polar surface area (TPSA) is 57.4 Å². The summed E-state index contributed by atoms with van der Waals surface area (Å²) in [5, 5.41) is 0. The molecule has 1 aromatic carbocycles. The minimum Gasteiger partial charge on any atom is -0.486 e. The molecule has 0 saturated heterocycles. The molecule has 0 bridgehead atoms. The molecule has 1 unspecified atom stereocenters. The Balaban J connectivity index is 1.62. The lowest BCUT2D eigenvalue weighted by Crippen LogP contribution is -2.31. The van der Waals surface area contributed by atoms with E-state index in [0.717, 1.165) is 22.1 Å². The summed E-state index contributed by atoms with van der Waals surface area (Å²) >= 11 is 1.66. The molecule has 0 fully saturated rings. The van der Waals surface area contributed by atoms with Gasteiger partial charge in [0.25, 0.3) is 0 Å². The summed E-state index contributed by atoms with van der Waals surface area (Å²) in [4.78, 5) is 5.00. The number of nitrogens with zero attached hydrogens (tertiary/aromatic N) is 1. The number of aromatic nitrogens is 1. The zero-order valence-corrected chi connectivity index (χ0v) is 11.1. The molecule has 0 aliphatic carbocycles. The smallest absolute Gasteiger partial charge is 0.161 e. The van der Waals surface area contributed by atoms with Crippen molar-refractivity contribution < 1.29 is 9.47 Å². The fourth-order valence-electron chi connectivity index (χ4n) is 1.85. The molecule has 0 saturated carbocycles. The number of para-hydroxylation sites is 2. The molecule has 3 rings (SSSR count). The highest BCUT2D eigenvalue weighted by Gasteiger charge is 2.20. The van der Waals surface area contributed by atoms with Crippen LogP contribution in [0.25, 0.3) is 0 Å². The number of hydrogen-bond donors (Lipinski definition) is 1. The van der Waals surface area contributed by atoms with Crippen molar-refractivity contribution in [1.82, 2.24) is 4.98 Å². The van der Waals surface area contributed by atoms with E-state index in [0.29, 0.717) is 12.3 Å². The Labute approximate surface area is 115 Å². The molecule has 0 radical (unpaired) electrons. The van der Waals surface area contributed by atoms with Gasteiger partial charge in [-0.1, -0.05) is 12.1 Å². The Morgan fingerprint density at radius 2 is 2.11 bits per heavy atom. The number of ether oxygens (including phenoxy) is 2. The average Bonchev–Trinajstić information content (AvgIpc) is 2.46. The molecule has 1 atom stereocenters. The van der Waals surface area contributed by atoms with Crippen molar-refractivity contribution >= 4 is 17.4 Å². The van der Waals surface area contributed by atoms with Gasteiger partial charge in [-0.3, -0.25) is 4.98 Å². The molecule has 1 aliphatic rings. The van der Waals surface area contributed by atoms with E-state index in [4.69, 9.17) is 15.2 Å². The Kier molecular flexibility index (Phi) is 3.46.